The summed E-state index contributed by atoms with van der Waals surface area (Å²) in [6.45, 7) is 4.66. The van der Waals surface area contributed by atoms with Crippen LogP contribution in [0.3, 0.4) is 0 Å². The molecule has 0 atom stereocenters. The fourth-order valence-electron chi connectivity index (χ4n) is 1.09. The average molecular weight is 270 g/mol. The normalized spacial score (nSPS) is 9.67. The molecule has 0 saturated heterocycles. The van der Waals surface area contributed by atoms with Gasteiger partial charge in [-0.2, -0.15) is 0 Å². The number of aryl methyl sites for hydroxylation is 1. The van der Waals surface area contributed by atoms with Crippen LogP contribution in [0.4, 0.5) is 10.5 Å². The van der Waals surface area contributed by atoms with Crippen molar-refractivity contribution in [2.24, 2.45) is 0 Å². The van der Waals surface area contributed by atoms with E-state index in [1.165, 1.54) is 0 Å². The number of nitrogens with one attached hydrogen (secondary N) is 1. The molecule has 0 aliphatic carbocycles. The maximum atomic E-state index is 11.4. The molecule has 0 spiro atoms. The number of halogens is 1. The van der Waals surface area contributed by atoms with Crippen LogP contribution in [0.5, 0.6) is 0 Å². The lowest BCUT2D eigenvalue weighted by atomic mass is 10.2. The predicted molar refractivity (Wildman–Crippen MR) is 67.9 cm³/mol. The van der Waals surface area contributed by atoms with Crippen molar-refractivity contribution in [3.8, 4) is 0 Å². The quantitative estimate of drug-likeness (QED) is 0.824. The lowest BCUT2D eigenvalue weighted by Gasteiger charge is -2.09. The van der Waals surface area contributed by atoms with Gasteiger partial charge in [0.1, 0.15) is 6.61 Å². The minimum atomic E-state index is -1.21. The lowest BCUT2D eigenvalue weighted by Crippen LogP contribution is -2.17. The molecule has 6 heteroatoms. The molecule has 0 aliphatic heterocycles. The van der Waals surface area contributed by atoms with E-state index in [9.17, 15) is 9.59 Å². The first-order valence-electron chi connectivity index (χ1n) is 5.01. The Morgan fingerprint density at radius 2 is 2.17 bits per heavy atom. The molecule has 2 N–H and O–H groups in total. The largest absolute Gasteiger partial charge is 0.478 e. The number of amides is 1. The van der Waals surface area contributed by atoms with Crippen molar-refractivity contribution in [2.45, 2.75) is 6.92 Å². The molecule has 1 amide bonds. The Balaban J connectivity index is 2.57. The van der Waals surface area contributed by atoms with Crippen molar-refractivity contribution in [3.63, 3.8) is 0 Å². The molecule has 0 aromatic heterocycles. The Bertz CT molecular complexity index is 499. The number of carbonyl (C=O) groups is 2. The first-order valence-corrected chi connectivity index (χ1v) is 5.39. The SMILES string of the molecule is C=C(COC(=O)Nc1cc(Cl)ccc1C)C(=O)O. The van der Waals surface area contributed by atoms with Crippen LogP contribution in [-0.2, 0) is 9.53 Å². The minimum absolute atomic E-state index is 0.201. The third kappa shape index (κ3) is 4.10. The third-order valence-electron chi connectivity index (χ3n) is 2.12. The van der Waals surface area contributed by atoms with Gasteiger partial charge in [-0.05, 0) is 24.6 Å². The maximum Gasteiger partial charge on any atom is 0.411 e. The highest BCUT2D eigenvalue weighted by Crippen LogP contribution is 2.20. The second-order valence-electron chi connectivity index (χ2n) is 3.57. The Morgan fingerprint density at radius 3 is 2.78 bits per heavy atom. The molecule has 0 heterocycles. The summed E-state index contributed by atoms with van der Waals surface area (Å²) >= 11 is 5.79. The van der Waals surface area contributed by atoms with Gasteiger partial charge < -0.3 is 9.84 Å². The number of hydrogen-bond donors (Lipinski definition) is 2. The van der Waals surface area contributed by atoms with Gasteiger partial charge in [0.2, 0.25) is 0 Å². The number of carbonyl (C=O) groups excluding carboxylic acids is 1. The van der Waals surface area contributed by atoms with E-state index in [-0.39, 0.29) is 12.2 Å². The number of ether oxygens (including phenoxy) is 1. The van der Waals surface area contributed by atoms with Gasteiger partial charge in [0, 0.05) is 10.7 Å². The maximum absolute atomic E-state index is 11.4. The number of aliphatic carboxylic acids is 1. The Labute approximate surface area is 109 Å². The number of rotatable bonds is 4. The van der Waals surface area contributed by atoms with Crippen LogP contribution in [-0.4, -0.2) is 23.8 Å². The Kier molecular flexibility index (Phi) is 4.74. The fraction of sp³-hybridized carbons (Fsp3) is 0.167. The van der Waals surface area contributed by atoms with E-state index in [1.54, 1.807) is 25.1 Å². The van der Waals surface area contributed by atoms with Gasteiger partial charge in [0.15, 0.2) is 0 Å². The van der Waals surface area contributed by atoms with E-state index in [4.69, 9.17) is 21.4 Å². The van der Waals surface area contributed by atoms with Gasteiger partial charge in [-0.25, -0.2) is 9.59 Å². The smallest absolute Gasteiger partial charge is 0.411 e. The Morgan fingerprint density at radius 1 is 1.50 bits per heavy atom. The minimum Gasteiger partial charge on any atom is -0.478 e. The zero-order valence-corrected chi connectivity index (χ0v) is 10.5. The monoisotopic (exact) mass is 269 g/mol. The fourth-order valence-corrected chi connectivity index (χ4v) is 1.26. The van der Waals surface area contributed by atoms with Gasteiger partial charge in [-0.3, -0.25) is 5.32 Å². The summed E-state index contributed by atoms with van der Waals surface area (Å²) in [4.78, 5) is 21.8. The summed E-state index contributed by atoms with van der Waals surface area (Å²) in [5.41, 5.74) is 1.12. The Hall–Kier alpha value is -2.01. The van der Waals surface area contributed by atoms with Gasteiger partial charge in [0.05, 0.1) is 5.57 Å². The van der Waals surface area contributed by atoms with Crippen molar-refractivity contribution in [3.05, 3.63) is 40.9 Å². The third-order valence-corrected chi connectivity index (χ3v) is 2.35. The average Bonchev–Trinajstić information content (AvgIpc) is 2.30. The second-order valence-corrected chi connectivity index (χ2v) is 4.01. The highest BCUT2D eigenvalue weighted by molar-refractivity contribution is 6.30. The number of carboxylic acid groups (broad SMARTS) is 1. The summed E-state index contributed by atoms with van der Waals surface area (Å²) in [5, 5.41) is 11.5. The van der Waals surface area contributed by atoms with E-state index in [1.807, 2.05) is 0 Å². The van der Waals surface area contributed by atoms with Gasteiger partial charge in [-0.1, -0.05) is 24.2 Å². The first kappa shape index (κ1) is 14.1. The molecule has 1 aromatic carbocycles. The van der Waals surface area contributed by atoms with Crippen LogP contribution >= 0.6 is 11.6 Å². The molecular weight excluding hydrogens is 258 g/mol. The molecule has 0 radical (unpaired) electrons. The molecule has 0 saturated carbocycles. The van der Waals surface area contributed by atoms with E-state index in [0.717, 1.165) is 5.56 Å². The molecule has 0 bridgehead atoms. The summed E-state index contributed by atoms with van der Waals surface area (Å²) in [7, 11) is 0. The van der Waals surface area contributed by atoms with Crippen LogP contribution in [0.2, 0.25) is 5.02 Å². The number of benzene rings is 1. The zero-order valence-electron chi connectivity index (χ0n) is 9.70. The van der Waals surface area contributed by atoms with E-state index in [2.05, 4.69) is 11.9 Å². The second kappa shape index (κ2) is 6.07. The summed E-state index contributed by atoms with van der Waals surface area (Å²) in [6.07, 6.45) is -0.761. The molecular formula is C12H12ClNO4. The van der Waals surface area contributed by atoms with Gasteiger partial charge in [-0.15, -0.1) is 0 Å². The van der Waals surface area contributed by atoms with Crippen molar-refractivity contribution in [2.75, 3.05) is 11.9 Å². The molecule has 0 fully saturated rings. The molecule has 5 nitrogen and oxygen atoms in total. The molecule has 96 valence electrons. The molecule has 0 aliphatic rings. The van der Waals surface area contributed by atoms with Crippen molar-refractivity contribution in [1.82, 2.24) is 0 Å². The molecule has 0 unspecified atom stereocenters. The van der Waals surface area contributed by atoms with Gasteiger partial charge >= 0.3 is 12.1 Å². The molecule has 1 rings (SSSR count). The van der Waals surface area contributed by atoms with Crippen molar-refractivity contribution >= 4 is 29.4 Å². The first-order chi connectivity index (χ1) is 8.40. The summed E-state index contributed by atoms with van der Waals surface area (Å²) < 4.78 is 4.69. The topological polar surface area (TPSA) is 75.6 Å². The number of anilines is 1. The van der Waals surface area contributed by atoms with Gasteiger partial charge in [0.25, 0.3) is 0 Å². The number of hydrogen-bond acceptors (Lipinski definition) is 3. The summed E-state index contributed by atoms with van der Waals surface area (Å²) in [6, 6.07) is 5.01. The highest BCUT2D eigenvalue weighted by atomic mass is 35.5. The van der Waals surface area contributed by atoms with Crippen molar-refractivity contribution in [1.29, 1.82) is 0 Å². The zero-order chi connectivity index (χ0) is 13.7. The van der Waals surface area contributed by atoms with Crippen LogP contribution in [0.1, 0.15) is 5.56 Å². The van der Waals surface area contributed by atoms with Crippen molar-refractivity contribution < 1.29 is 19.4 Å². The van der Waals surface area contributed by atoms with Crippen LogP contribution in [0.15, 0.2) is 30.4 Å². The van der Waals surface area contributed by atoms with E-state index >= 15 is 0 Å². The van der Waals surface area contributed by atoms with Crippen LogP contribution < -0.4 is 5.32 Å². The highest BCUT2D eigenvalue weighted by Gasteiger charge is 2.09. The van der Waals surface area contributed by atoms with E-state index < -0.39 is 12.1 Å². The lowest BCUT2D eigenvalue weighted by molar-refractivity contribution is -0.133. The van der Waals surface area contributed by atoms with Crippen LogP contribution in [0.25, 0.3) is 0 Å². The van der Waals surface area contributed by atoms with Crippen LogP contribution in [0, 0.1) is 6.92 Å². The number of carboxylic acids is 1. The standard InChI is InChI=1S/C12H12ClNO4/c1-7-3-4-9(13)5-10(7)14-12(17)18-6-8(2)11(15)16/h3-5H,2,6H2,1H3,(H,14,17)(H,15,16). The molecule has 1 aromatic rings. The molecule has 18 heavy (non-hydrogen) atoms. The van der Waals surface area contributed by atoms with E-state index in [0.29, 0.717) is 10.7 Å². The summed E-state index contributed by atoms with van der Waals surface area (Å²) in [5.74, 6) is -1.21. The predicted octanol–water partition coefficient (Wildman–Crippen LogP) is 2.84.